The van der Waals surface area contributed by atoms with Crippen LogP contribution in [-0.4, -0.2) is 11.1 Å². The Balaban J connectivity index is 1.71. The van der Waals surface area contributed by atoms with Crippen molar-refractivity contribution in [1.82, 2.24) is 0 Å². The van der Waals surface area contributed by atoms with Crippen molar-refractivity contribution in [2.75, 3.05) is 0 Å². The van der Waals surface area contributed by atoms with Crippen LogP contribution < -0.4 is 0 Å². The summed E-state index contributed by atoms with van der Waals surface area (Å²) in [6, 6.07) is 17.4. The number of carboxylic acid groups (broad SMARTS) is 1. The molecule has 4 rings (SSSR count). The van der Waals surface area contributed by atoms with Crippen molar-refractivity contribution < 1.29 is 9.90 Å². The normalized spacial score (nSPS) is 14.4. The van der Waals surface area contributed by atoms with E-state index >= 15 is 0 Å². The third-order valence-corrected chi connectivity index (χ3v) is 6.03. The van der Waals surface area contributed by atoms with Crippen molar-refractivity contribution in [3.05, 3.63) is 98.7 Å². The largest absolute Gasteiger partial charge is 0.478 e. The van der Waals surface area contributed by atoms with E-state index in [9.17, 15) is 4.79 Å². The maximum absolute atomic E-state index is 11.0. The van der Waals surface area contributed by atoms with Gasteiger partial charge in [0, 0.05) is 16.0 Å². The van der Waals surface area contributed by atoms with Crippen molar-refractivity contribution in [3.8, 4) is 11.8 Å². The smallest absolute Gasteiger partial charge is 0.335 e. The van der Waals surface area contributed by atoms with E-state index in [-0.39, 0.29) is 11.0 Å². The molecule has 0 fully saturated rings. The zero-order chi connectivity index (χ0) is 19.7. The summed E-state index contributed by atoms with van der Waals surface area (Å²) in [4.78, 5) is 12.3. The van der Waals surface area contributed by atoms with E-state index < -0.39 is 5.97 Å². The number of carboxylic acids is 1. The van der Waals surface area contributed by atoms with Crippen LogP contribution in [-0.2, 0) is 5.41 Å². The number of aromatic carboxylic acids is 1. The van der Waals surface area contributed by atoms with Gasteiger partial charge in [-0.1, -0.05) is 43.9 Å². The Morgan fingerprint density at radius 1 is 1.04 bits per heavy atom. The number of benzene rings is 2. The molecule has 3 heteroatoms. The van der Waals surface area contributed by atoms with Crippen LogP contribution in [0.1, 0.15) is 57.8 Å². The van der Waals surface area contributed by atoms with Crippen LogP contribution in [0.25, 0.3) is 5.57 Å². The summed E-state index contributed by atoms with van der Waals surface area (Å²) < 4.78 is 0. The Bertz CT molecular complexity index is 1120. The van der Waals surface area contributed by atoms with Crippen molar-refractivity contribution in [2.45, 2.75) is 25.7 Å². The number of hydrogen-bond donors (Lipinski definition) is 1. The predicted octanol–water partition coefficient (Wildman–Crippen LogP) is 5.96. The van der Waals surface area contributed by atoms with E-state index in [2.05, 4.69) is 67.5 Å². The van der Waals surface area contributed by atoms with E-state index in [4.69, 9.17) is 5.11 Å². The minimum atomic E-state index is -0.926. The van der Waals surface area contributed by atoms with E-state index in [1.54, 1.807) is 35.6 Å². The molecule has 0 saturated carbocycles. The molecule has 28 heavy (non-hydrogen) atoms. The van der Waals surface area contributed by atoms with Gasteiger partial charge in [0.05, 0.1) is 5.56 Å². The molecule has 1 aliphatic carbocycles. The number of allylic oxidation sites excluding steroid dienone is 1. The van der Waals surface area contributed by atoms with E-state index in [1.165, 1.54) is 21.6 Å². The highest BCUT2D eigenvalue weighted by atomic mass is 32.1. The number of fused-ring (bicyclic) bond motifs is 1. The van der Waals surface area contributed by atoms with E-state index in [0.717, 1.165) is 17.5 Å². The molecule has 2 nitrogen and oxygen atoms in total. The molecule has 138 valence electrons. The van der Waals surface area contributed by atoms with Gasteiger partial charge >= 0.3 is 5.97 Å². The van der Waals surface area contributed by atoms with Crippen LogP contribution in [0.2, 0.25) is 0 Å². The van der Waals surface area contributed by atoms with Crippen LogP contribution >= 0.6 is 11.3 Å². The minimum Gasteiger partial charge on any atom is -0.478 e. The number of thiophene rings is 1. The molecular formula is C25H20O2S. The third-order valence-electron chi connectivity index (χ3n) is 5.13. The summed E-state index contributed by atoms with van der Waals surface area (Å²) in [6.45, 7) is 4.56. The average molecular weight is 385 g/mol. The van der Waals surface area contributed by atoms with Gasteiger partial charge in [0.1, 0.15) is 0 Å². The quantitative estimate of drug-likeness (QED) is 0.554. The van der Waals surface area contributed by atoms with Gasteiger partial charge in [0.25, 0.3) is 0 Å². The summed E-state index contributed by atoms with van der Waals surface area (Å²) in [5, 5.41) is 11.1. The predicted molar refractivity (Wildman–Crippen MR) is 115 cm³/mol. The molecule has 0 saturated heterocycles. The molecule has 1 N–H and O–H groups in total. The van der Waals surface area contributed by atoms with Gasteiger partial charge in [-0.3, -0.25) is 0 Å². The van der Waals surface area contributed by atoms with Gasteiger partial charge in [-0.2, -0.15) is 0 Å². The zero-order valence-electron chi connectivity index (χ0n) is 15.8. The minimum absolute atomic E-state index is 0.106. The van der Waals surface area contributed by atoms with Gasteiger partial charge < -0.3 is 5.11 Å². The molecule has 0 unspecified atom stereocenters. The molecule has 3 aromatic rings. The first-order valence-electron chi connectivity index (χ1n) is 9.18. The SMILES string of the molecule is CC1(C)CC=C(c2cccs2)c2cc(C#Cc3ccc(C(=O)O)cc3)ccc21. The monoisotopic (exact) mass is 384 g/mol. The molecule has 1 aliphatic rings. The van der Waals surface area contributed by atoms with E-state index in [0.29, 0.717) is 0 Å². The fourth-order valence-electron chi connectivity index (χ4n) is 3.52. The Hall–Kier alpha value is -3.09. The summed E-state index contributed by atoms with van der Waals surface area (Å²) >= 11 is 1.76. The Labute approximate surface area is 169 Å². The fraction of sp³-hybridized carbons (Fsp3) is 0.160. The molecule has 1 aromatic heterocycles. The van der Waals surface area contributed by atoms with E-state index in [1.807, 2.05) is 0 Å². The maximum Gasteiger partial charge on any atom is 0.335 e. The average Bonchev–Trinajstić information content (AvgIpc) is 3.21. The van der Waals surface area contributed by atoms with Crippen LogP contribution in [0.5, 0.6) is 0 Å². The Kier molecular flexibility index (Phi) is 4.66. The summed E-state index contributed by atoms with van der Waals surface area (Å²) in [5.41, 5.74) is 6.04. The van der Waals surface area contributed by atoms with Crippen molar-refractivity contribution in [2.24, 2.45) is 0 Å². The first-order valence-corrected chi connectivity index (χ1v) is 10.1. The summed E-state index contributed by atoms with van der Waals surface area (Å²) in [6.07, 6.45) is 3.37. The lowest BCUT2D eigenvalue weighted by Gasteiger charge is -2.32. The third kappa shape index (κ3) is 3.52. The van der Waals surface area contributed by atoms with Gasteiger partial charge in [0.2, 0.25) is 0 Å². The van der Waals surface area contributed by atoms with Crippen molar-refractivity contribution in [3.63, 3.8) is 0 Å². The second-order valence-corrected chi connectivity index (χ2v) is 8.52. The Morgan fingerprint density at radius 2 is 1.75 bits per heavy atom. The molecule has 2 aromatic carbocycles. The van der Waals surface area contributed by atoms with Gasteiger partial charge in [-0.05, 0) is 76.4 Å². The van der Waals surface area contributed by atoms with Crippen molar-refractivity contribution in [1.29, 1.82) is 0 Å². The summed E-state index contributed by atoms with van der Waals surface area (Å²) in [5.74, 6) is 5.45. The van der Waals surface area contributed by atoms with Crippen LogP contribution in [0.3, 0.4) is 0 Å². The van der Waals surface area contributed by atoms with Gasteiger partial charge in [-0.25, -0.2) is 4.79 Å². The molecule has 0 amide bonds. The van der Waals surface area contributed by atoms with Crippen molar-refractivity contribution >= 4 is 22.9 Å². The van der Waals surface area contributed by atoms with Crippen LogP contribution in [0, 0.1) is 11.8 Å². The lowest BCUT2D eigenvalue weighted by atomic mass is 9.73. The van der Waals surface area contributed by atoms with Gasteiger partial charge in [-0.15, -0.1) is 11.3 Å². The number of hydrogen-bond acceptors (Lipinski definition) is 2. The maximum atomic E-state index is 11.0. The second-order valence-electron chi connectivity index (χ2n) is 7.58. The standard InChI is InChI=1S/C25H20O2S/c1-25(2)14-13-20(23-4-3-15-28-23)21-16-18(9-12-22(21)25)6-5-17-7-10-19(11-8-17)24(26)27/h3-4,7-13,15-16H,14H2,1-2H3,(H,26,27). The molecular weight excluding hydrogens is 364 g/mol. The topological polar surface area (TPSA) is 37.3 Å². The fourth-order valence-corrected chi connectivity index (χ4v) is 4.30. The number of carbonyl (C=O) groups is 1. The van der Waals surface area contributed by atoms with Crippen LogP contribution in [0.15, 0.2) is 66.1 Å². The van der Waals surface area contributed by atoms with Crippen LogP contribution in [0.4, 0.5) is 0 Å². The highest BCUT2D eigenvalue weighted by Crippen LogP contribution is 2.42. The molecule has 0 bridgehead atoms. The molecule has 0 atom stereocenters. The molecule has 0 spiro atoms. The lowest BCUT2D eigenvalue weighted by molar-refractivity contribution is 0.0697. The molecule has 0 radical (unpaired) electrons. The zero-order valence-corrected chi connectivity index (χ0v) is 16.6. The lowest BCUT2D eigenvalue weighted by Crippen LogP contribution is -2.21. The first kappa shape index (κ1) is 18.3. The molecule has 1 heterocycles. The number of rotatable bonds is 2. The highest BCUT2D eigenvalue weighted by Gasteiger charge is 2.28. The van der Waals surface area contributed by atoms with Gasteiger partial charge in [0.15, 0.2) is 0 Å². The Morgan fingerprint density at radius 3 is 2.43 bits per heavy atom. The first-order chi connectivity index (χ1) is 13.4. The highest BCUT2D eigenvalue weighted by molar-refractivity contribution is 7.11. The summed E-state index contributed by atoms with van der Waals surface area (Å²) in [7, 11) is 0. The second kappa shape index (κ2) is 7.14. The molecule has 0 aliphatic heterocycles.